The molecule has 1 fully saturated rings. The quantitative estimate of drug-likeness (QED) is 0.224. The molecule has 1 saturated heterocycles. The number of aliphatic imine (C=N–C) groups is 1. The van der Waals surface area contributed by atoms with Crippen LogP contribution < -0.4 is 10.6 Å². The van der Waals surface area contributed by atoms with Crippen LogP contribution in [0.1, 0.15) is 52.9 Å². The third-order valence-corrected chi connectivity index (χ3v) is 3.66. The van der Waals surface area contributed by atoms with E-state index in [2.05, 4.69) is 36.4 Å². The molecule has 138 valence electrons. The number of hydrogen-bond acceptors (Lipinski definition) is 3. The minimum Gasteiger partial charge on any atom is -0.379 e. The number of hydrogen-bond donors (Lipinski definition) is 2. The predicted octanol–water partition coefficient (Wildman–Crippen LogP) is 3.18. The third-order valence-electron chi connectivity index (χ3n) is 3.66. The Morgan fingerprint density at radius 2 is 2.09 bits per heavy atom. The summed E-state index contributed by atoms with van der Waals surface area (Å²) in [6, 6.07) is 0. The van der Waals surface area contributed by atoms with Gasteiger partial charge < -0.3 is 20.1 Å². The topological polar surface area (TPSA) is 54.9 Å². The van der Waals surface area contributed by atoms with Gasteiger partial charge in [-0.3, -0.25) is 4.99 Å². The van der Waals surface area contributed by atoms with Gasteiger partial charge in [0.2, 0.25) is 0 Å². The van der Waals surface area contributed by atoms with E-state index in [1.807, 2.05) is 0 Å². The summed E-state index contributed by atoms with van der Waals surface area (Å²) in [5.74, 6) is 1.73. The molecule has 1 aliphatic heterocycles. The van der Waals surface area contributed by atoms with Crippen LogP contribution >= 0.6 is 24.0 Å². The predicted molar refractivity (Wildman–Crippen MR) is 108 cm³/mol. The van der Waals surface area contributed by atoms with E-state index in [1.165, 1.54) is 19.3 Å². The second-order valence-corrected chi connectivity index (χ2v) is 6.29. The van der Waals surface area contributed by atoms with Crippen LogP contribution in [0.2, 0.25) is 0 Å². The number of nitrogens with zero attached hydrogens (tertiary/aromatic N) is 1. The van der Waals surface area contributed by atoms with Crippen LogP contribution in [0.3, 0.4) is 0 Å². The molecule has 1 unspecified atom stereocenters. The first-order valence-corrected chi connectivity index (χ1v) is 8.94. The van der Waals surface area contributed by atoms with E-state index in [1.54, 1.807) is 0 Å². The first-order valence-electron chi connectivity index (χ1n) is 8.94. The van der Waals surface area contributed by atoms with Crippen molar-refractivity contribution in [2.75, 3.05) is 39.5 Å². The van der Waals surface area contributed by atoms with Gasteiger partial charge in [-0.1, -0.05) is 26.7 Å². The zero-order chi connectivity index (χ0) is 16.0. The van der Waals surface area contributed by atoms with Crippen molar-refractivity contribution in [3.05, 3.63) is 0 Å². The molecule has 0 amide bonds. The maximum absolute atomic E-state index is 5.75. The highest BCUT2D eigenvalue weighted by molar-refractivity contribution is 14.0. The van der Waals surface area contributed by atoms with Crippen molar-refractivity contribution in [2.24, 2.45) is 10.9 Å². The highest BCUT2D eigenvalue weighted by Crippen LogP contribution is 2.08. The van der Waals surface area contributed by atoms with E-state index in [4.69, 9.17) is 9.47 Å². The molecule has 1 rings (SSSR count). The van der Waals surface area contributed by atoms with E-state index in [0.29, 0.717) is 6.10 Å². The van der Waals surface area contributed by atoms with Crippen LogP contribution in [0.25, 0.3) is 0 Å². The molecule has 0 saturated carbocycles. The number of unbranched alkanes of at least 4 members (excludes halogenated alkanes) is 1. The van der Waals surface area contributed by atoms with Gasteiger partial charge in [-0.05, 0) is 32.1 Å². The minimum atomic E-state index is 0. The number of guanidine groups is 1. The van der Waals surface area contributed by atoms with Gasteiger partial charge in [0.15, 0.2) is 5.96 Å². The van der Waals surface area contributed by atoms with Crippen molar-refractivity contribution in [2.45, 2.75) is 59.0 Å². The summed E-state index contributed by atoms with van der Waals surface area (Å²) < 4.78 is 11.0. The van der Waals surface area contributed by atoms with E-state index in [-0.39, 0.29) is 24.0 Å². The van der Waals surface area contributed by atoms with Gasteiger partial charge >= 0.3 is 0 Å². The summed E-state index contributed by atoms with van der Waals surface area (Å²) >= 11 is 0. The highest BCUT2D eigenvalue weighted by atomic mass is 127. The average molecular weight is 441 g/mol. The van der Waals surface area contributed by atoms with Gasteiger partial charge in [-0.2, -0.15) is 0 Å². The summed E-state index contributed by atoms with van der Waals surface area (Å²) in [4.78, 5) is 4.59. The van der Waals surface area contributed by atoms with Crippen molar-refractivity contribution in [1.82, 2.24) is 10.6 Å². The van der Waals surface area contributed by atoms with E-state index < -0.39 is 0 Å². The largest absolute Gasteiger partial charge is 0.379 e. The molecule has 0 aromatic heterocycles. The van der Waals surface area contributed by atoms with Crippen molar-refractivity contribution < 1.29 is 9.47 Å². The molecular formula is C17H36IN3O2. The van der Waals surface area contributed by atoms with Crippen molar-refractivity contribution in [1.29, 1.82) is 0 Å². The Hall–Kier alpha value is -0.0800. The maximum Gasteiger partial charge on any atom is 0.191 e. The molecule has 0 aromatic carbocycles. The Morgan fingerprint density at radius 3 is 2.74 bits per heavy atom. The molecule has 1 atom stereocenters. The zero-order valence-corrected chi connectivity index (χ0v) is 17.4. The summed E-state index contributed by atoms with van der Waals surface area (Å²) in [7, 11) is 0. The number of ether oxygens (including phenoxy) is 2. The lowest BCUT2D eigenvalue weighted by Gasteiger charge is -2.12. The lowest BCUT2D eigenvalue weighted by molar-refractivity contribution is 0.0424. The van der Waals surface area contributed by atoms with Gasteiger partial charge in [-0.25, -0.2) is 0 Å². The Balaban J connectivity index is 0.00000484. The van der Waals surface area contributed by atoms with Crippen molar-refractivity contribution in [3.8, 4) is 0 Å². The number of rotatable bonds is 11. The summed E-state index contributed by atoms with van der Waals surface area (Å²) in [5.41, 5.74) is 0. The van der Waals surface area contributed by atoms with E-state index in [0.717, 1.165) is 64.2 Å². The fourth-order valence-electron chi connectivity index (χ4n) is 2.38. The molecule has 0 bridgehead atoms. The maximum atomic E-state index is 5.75. The van der Waals surface area contributed by atoms with E-state index in [9.17, 15) is 0 Å². The molecule has 2 N–H and O–H groups in total. The van der Waals surface area contributed by atoms with Gasteiger partial charge in [0.1, 0.15) is 0 Å². The first kappa shape index (κ1) is 22.9. The van der Waals surface area contributed by atoms with Crippen LogP contribution in [0.5, 0.6) is 0 Å². The van der Waals surface area contributed by atoms with Gasteiger partial charge in [0.25, 0.3) is 0 Å². The molecule has 5 nitrogen and oxygen atoms in total. The fourth-order valence-corrected chi connectivity index (χ4v) is 2.38. The number of nitrogens with one attached hydrogen (secondary N) is 2. The van der Waals surface area contributed by atoms with Crippen LogP contribution in [0.15, 0.2) is 4.99 Å². The lowest BCUT2D eigenvalue weighted by Crippen LogP contribution is -2.37. The number of halogens is 1. The Labute approximate surface area is 159 Å². The molecule has 0 aliphatic carbocycles. The average Bonchev–Trinajstić information content (AvgIpc) is 2.99. The standard InChI is InChI=1S/C17H35N3O2.HI/c1-4-18-17(19-10-6-5-8-15(2)3)20-11-7-12-22-16-9-13-21-14-16;/h15-16H,4-14H2,1-3H3,(H2,18,19,20);1H. The van der Waals surface area contributed by atoms with Gasteiger partial charge in [-0.15, -0.1) is 24.0 Å². The Bertz CT molecular complexity index is 296. The van der Waals surface area contributed by atoms with Crippen LogP contribution in [0, 0.1) is 5.92 Å². The van der Waals surface area contributed by atoms with Crippen LogP contribution in [-0.4, -0.2) is 51.5 Å². The normalized spacial score (nSPS) is 18.1. The summed E-state index contributed by atoms with van der Waals surface area (Å²) in [6.07, 6.45) is 6.08. The Morgan fingerprint density at radius 1 is 1.26 bits per heavy atom. The van der Waals surface area contributed by atoms with Crippen LogP contribution in [0.4, 0.5) is 0 Å². The van der Waals surface area contributed by atoms with Crippen molar-refractivity contribution >= 4 is 29.9 Å². The Kier molecular flexibility index (Phi) is 15.4. The molecule has 1 aliphatic rings. The minimum absolute atomic E-state index is 0. The lowest BCUT2D eigenvalue weighted by atomic mass is 10.1. The molecule has 0 radical (unpaired) electrons. The third kappa shape index (κ3) is 12.9. The zero-order valence-electron chi connectivity index (χ0n) is 15.1. The second kappa shape index (κ2) is 15.4. The molecule has 1 heterocycles. The fraction of sp³-hybridized carbons (Fsp3) is 0.941. The van der Waals surface area contributed by atoms with Crippen LogP contribution in [-0.2, 0) is 9.47 Å². The van der Waals surface area contributed by atoms with Crippen molar-refractivity contribution in [3.63, 3.8) is 0 Å². The molecular weight excluding hydrogens is 405 g/mol. The second-order valence-electron chi connectivity index (χ2n) is 6.29. The van der Waals surface area contributed by atoms with Gasteiger partial charge in [0, 0.05) is 32.8 Å². The summed E-state index contributed by atoms with van der Waals surface area (Å²) in [5, 5.41) is 6.70. The smallest absolute Gasteiger partial charge is 0.191 e. The van der Waals surface area contributed by atoms with E-state index >= 15 is 0 Å². The monoisotopic (exact) mass is 441 g/mol. The molecule has 0 aromatic rings. The summed E-state index contributed by atoms with van der Waals surface area (Å²) in [6.45, 7) is 11.7. The molecule has 6 heteroatoms. The van der Waals surface area contributed by atoms with Gasteiger partial charge in [0.05, 0.1) is 12.7 Å². The molecule has 23 heavy (non-hydrogen) atoms. The molecule has 0 spiro atoms. The highest BCUT2D eigenvalue weighted by Gasteiger charge is 2.15. The SMILES string of the molecule is CCNC(=NCCCOC1CCOC1)NCCCCC(C)C.I. The first-order chi connectivity index (χ1) is 10.7.